The molecule has 1 aromatic carbocycles. The highest BCUT2D eigenvalue weighted by Gasteiger charge is 2.32. The maximum Gasteiger partial charge on any atom is 0.257 e. The summed E-state index contributed by atoms with van der Waals surface area (Å²) >= 11 is 0. The van der Waals surface area contributed by atoms with Crippen molar-refractivity contribution >= 4 is 5.91 Å². The molecule has 0 saturated carbocycles. The lowest BCUT2D eigenvalue weighted by molar-refractivity contribution is 0.0785. The largest absolute Gasteiger partial charge is 0.496 e. The van der Waals surface area contributed by atoms with Crippen molar-refractivity contribution in [2.24, 2.45) is 0 Å². The van der Waals surface area contributed by atoms with Crippen LogP contribution in [0.2, 0.25) is 0 Å². The summed E-state index contributed by atoms with van der Waals surface area (Å²) in [5.41, 5.74) is 0.227. The molecule has 1 amide bonds. The third kappa shape index (κ3) is 2.66. The fraction of sp³-hybridized carbons (Fsp3) is 0.400. The van der Waals surface area contributed by atoms with Crippen molar-refractivity contribution in [1.82, 2.24) is 15.0 Å². The van der Waals surface area contributed by atoms with Gasteiger partial charge in [0.15, 0.2) is 5.82 Å². The Balaban J connectivity index is 1.78. The summed E-state index contributed by atoms with van der Waals surface area (Å²) in [5.74, 6) is 0.779. The summed E-state index contributed by atoms with van der Waals surface area (Å²) in [7, 11) is 1.46. The molecular formula is C15H16FN3O3. The van der Waals surface area contributed by atoms with Crippen molar-refractivity contribution in [2.45, 2.75) is 19.3 Å². The molecule has 1 aliphatic heterocycles. The molecule has 1 fully saturated rings. The van der Waals surface area contributed by atoms with Crippen molar-refractivity contribution in [3.05, 3.63) is 41.3 Å². The van der Waals surface area contributed by atoms with Crippen molar-refractivity contribution in [3.8, 4) is 5.75 Å². The molecule has 1 saturated heterocycles. The fourth-order valence-corrected chi connectivity index (χ4v) is 2.64. The van der Waals surface area contributed by atoms with E-state index in [1.165, 1.54) is 25.3 Å². The lowest BCUT2D eigenvalue weighted by Crippen LogP contribution is -2.29. The smallest absolute Gasteiger partial charge is 0.257 e. The summed E-state index contributed by atoms with van der Waals surface area (Å²) in [6.45, 7) is 2.78. The molecule has 22 heavy (non-hydrogen) atoms. The van der Waals surface area contributed by atoms with Crippen LogP contribution in [0.25, 0.3) is 0 Å². The monoisotopic (exact) mass is 305 g/mol. The standard InChI is InChI=1S/C15H16FN3O3/c1-9-17-14(22-18-9)10-5-6-19(8-10)15(20)12-7-11(16)3-4-13(12)21-2/h3-4,7,10H,5-6,8H2,1-2H3. The number of aromatic nitrogens is 2. The molecule has 1 atom stereocenters. The van der Waals surface area contributed by atoms with Crippen LogP contribution in [0.4, 0.5) is 4.39 Å². The van der Waals surface area contributed by atoms with Gasteiger partial charge in [-0.25, -0.2) is 4.39 Å². The Kier molecular flexibility index (Phi) is 3.79. The van der Waals surface area contributed by atoms with Crippen molar-refractivity contribution in [2.75, 3.05) is 20.2 Å². The molecule has 1 aliphatic rings. The third-order valence-corrected chi connectivity index (χ3v) is 3.76. The van der Waals surface area contributed by atoms with Crippen molar-refractivity contribution in [3.63, 3.8) is 0 Å². The molecule has 1 aromatic heterocycles. The summed E-state index contributed by atoms with van der Waals surface area (Å²) in [5, 5.41) is 3.77. The van der Waals surface area contributed by atoms with Crippen LogP contribution in [0.1, 0.15) is 34.4 Å². The predicted molar refractivity (Wildman–Crippen MR) is 75.2 cm³/mol. The van der Waals surface area contributed by atoms with Gasteiger partial charge in [-0.1, -0.05) is 5.16 Å². The Hall–Kier alpha value is -2.44. The normalized spacial score (nSPS) is 17.8. The summed E-state index contributed by atoms with van der Waals surface area (Å²) in [4.78, 5) is 18.4. The van der Waals surface area contributed by atoms with Gasteiger partial charge in [0.2, 0.25) is 5.89 Å². The van der Waals surface area contributed by atoms with E-state index in [-0.39, 0.29) is 17.4 Å². The topological polar surface area (TPSA) is 68.5 Å². The molecule has 3 rings (SSSR count). The molecule has 7 heteroatoms. The second-order valence-electron chi connectivity index (χ2n) is 5.26. The molecule has 1 unspecified atom stereocenters. The van der Waals surface area contributed by atoms with Crippen LogP contribution >= 0.6 is 0 Å². The van der Waals surface area contributed by atoms with Gasteiger partial charge < -0.3 is 14.2 Å². The van der Waals surface area contributed by atoms with E-state index in [0.717, 1.165) is 6.42 Å². The second kappa shape index (κ2) is 5.75. The van der Waals surface area contributed by atoms with Crippen LogP contribution in [0, 0.1) is 12.7 Å². The van der Waals surface area contributed by atoms with Gasteiger partial charge in [-0.2, -0.15) is 4.98 Å². The van der Waals surface area contributed by atoms with Crippen LogP contribution in [0.15, 0.2) is 22.7 Å². The summed E-state index contributed by atoms with van der Waals surface area (Å²) < 4.78 is 23.7. The van der Waals surface area contributed by atoms with Gasteiger partial charge in [0, 0.05) is 13.1 Å². The summed E-state index contributed by atoms with van der Waals surface area (Å²) in [6.07, 6.45) is 0.741. The zero-order valence-corrected chi connectivity index (χ0v) is 12.4. The first-order valence-electron chi connectivity index (χ1n) is 7.01. The van der Waals surface area contributed by atoms with E-state index in [9.17, 15) is 9.18 Å². The van der Waals surface area contributed by atoms with Crippen LogP contribution in [-0.2, 0) is 0 Å². The quantitative estimate of drug-likeness (QED) is 0.869. The number of likely N-dealkylation sites (tertiary alicyclic amines) is 1. The van der Waals surface area contributed by atoms with Crippen molar-refractivity contribution < 1.29 is 18.4 Å². The number of aryl methyl sites for hydroxylation is 1. The average Bonchev–Trinajstić information content (AvgIpc) is 3.15. The van der Waals surface area contributed by atoms with Gasteiger partial charge in [0.05, 0.1) is 18.6 Å². The number of hydrogen-bond donors (Lipinski definition) is 0. The van der Waals surface area contributed by atoms with E-state index in [1.807, 2.05) is 0 Å². The number of ether oxygens (including phenoxy) is 1. The molecule has 0 spiro atoms. The van der Waals surface area contributed by atoms with Gasteiger partial charge in [-0.05, 0) is 31.5 Å². The average molecular weight is 305 g/mol. The van der Waals surface area contributed by atoms with Crippen LogP contribution < -0.4 is 4.74 Å². The van der Waals surface area contributed by atoms with Crippen molar-refractivity contribution in [1.29, 1.82) is 0 Å². The lowest BCUT2D eigenvalue weighted by atomic mass is 10.1. The number of methoxy groups -OCH3 is 1. The second-order valence-corrected chi connectivity index (χ2v) is 5.26. The van der Waals surface area contributed by atoms with E-state index in [1.54, 1.807) is 11.8 Å². The number of rotatable bonds is 3. The highest BCUT2D eigenvalue weighted by atomic mass is 19.1. The minimum Gasteiger partial charge on any atom is -0.496 e. The minimum atomic E-state index is -0.465. The van der Waals surface area contributed by atoms with Crippen LogP contribution in [0.3, 0.4) is 0 Å². The molecule has 0 N–H and O–H groups in total. The van der Waals surface area contributed by atoms with Gasteiger partial charge in [-0.3, -0.25) is 4.79 Å². The Bertz CT molecular complexity index is 701. The van der Waals surface area contributed by atoms with Gasteiger partial charge in [-0.15, -0.1) is 0 Å². The maximum absolute atomic E-state index is 13.4. The molecule has 0 aliphatic carbocycles. The van der Waals surface area contributed by atoms with Gasteiger partial charge >= 0.3 is 0 Å². The minimum absolute atomic E-state index is 0.0182. The number of halogens is 1. The van der Waals surface area contributed by atoms with Crippen LogP contribution in [-0.4, -0.2) is 41.1 Å². The highest BCUT2D eigenvalue weighted by molar-refractivity contribution is 5.97. The molecule has 2 aromatic rings. The Morgan fingerprint density at radius 3 is 3.00 bits per heavy atom. The highest BCUT2D eigenvalue weighted by Crippen LogP contribution is 2.29. The van der Waals surface area contributed by atoms with E-state index in [0.29, 0.717) is 30.6 Å². The molecule has 0 bridgehead atoms. The fourth-order valence-electron chi connectivity index (χ4n) is 2.64. The first-order chi connectivity index (χ1) is 10.6. The lowest BCUT2D eigenvalue weighted by Gasteiger charge is -2.17. The Morgan fingerprint density at radius 1 is 1.50 bits per heavy atom. The van der Waals surface area contributed by atoms with E-state index in [4.69, 9.17) is 9.26 Å². The first kappa shape index (κ1) is 14.5. The number of hydrogen-bond acceptors (Lipinski definition) is 5. The number of carbonyl (C=O) groups excluding carboxylic acids is 1. The SMILES string of the molecule is COc1ccc(F)cc1C(=O)N1CCC(c2nc(C)no2)C1. The van der Waals surface area contributed by atoms with Crippen LogP contribution in [0.5, 0.6) is 5.75 Å². The van der Waals surface area contributed by atoms with E-state index < -0.39 is 5.82 Å². The molecule has 0 radical (unpaired) electrons. The maximum atomic E-state index is 13.4. The van der Waals surface area contributed by atoms with Gasteiger partial charge in [0.25, 0.3) is 5.91 Å². The van der Waals surface area contributed by atoms with E-state index >= 15 is 0 Å². The molecule has 116 valence electrons. The zero-order chi connectivity index (χ0) is 15.7. The first-order valence-corrected chi connectivity index (χ1v) is 7.01. The molecular weight excluding hydrogens is 289 g/mol. The number of benzene rings is 1. The predicted octanol–water partition coefficient (Wildman–Crippen LogP) is 2.16. The van der Waals surface area contributed by atoms with E-state index in [2.05, 4.69) is 10.1 Å². The summed E-state index contributed by atoms with van der Waals surface area (Å²) in [6, 6.07) is 3.92. The number of amides is 1. The number of nitrogens with zero attached hydrogens (tertiary/aromatic N) is 3. The molecule has 6 nitrogen and oxygen atoms in total. The third-order valence-electron chi connectivity index (χ3n) is 3.76. The Morgan fingerprint density at radius 2 is 2.32 bits per heavy atom. The molecule has 2 heterocycles. The Labute approximate surface area is 126 Å². The zero-order valence-electron chi connectivity index (χ0n) is 12.4. The number of carbonyl (C=O) groups is 1. The van der Waals surface area contributed by atoms with Gasteiger partial charge in [0.1, 0.15) is 11.6 Å².